The number of benzene rings is 1. The number of piperidine rings is 1. The van der Waals surface area contributed by atoms with Crippen molar-refractivity contribution in [2.75, 3.05) is 38.6 Å². The van der Waals surface area contributed by atoms with Crippen LogP contribution in [0.5, 0.6) is 0 Å². The number of sulfonamides is 1. The van der Waals surface area contributed by atoms with Gasteiger partial charge in [0.15, 0.2) is 5.13 Å². The van der Waals surface area contributed by atoms with Crippen molar-refractivity contribution in [3.8, 4) is 0 Å². The Balaban J connectivity index is 1.69. The molecule has 0 bridgehead atoms. The minimum absolute atomic E-state index is 0.192. The van der Waals surface area contributed by atoms with Crippen molar-refractivity contribution in [2.45, 2.75) is 36.4 Å². The van der Waals surface area contributed by atoms with Crippen LogP contribution in [0.3, 0.4) is 0 Å². The molecular formula is C22H28N4O3S3. The van der Waals surface area contributed by atoms with Crippen molar-refractivity contribution in [2.24, 2.45) is 0 Å². The molecular weight excluding hydrogens is 464 g/mol. The molecule has 32 heavy (non-hydrogen) atoms. The molecule has 1 aliphatic rings. The SMILES string of the molecule is Cc1ccc2nc(N(CCN(C)C)C(=O)C3CCCCN3S(=O)(=O)c3cccs3)sc2c1. The Hall–Kier alpha value is -1.85. The highest BCUT2D eigenvalue weighted by Gasteiger charge is 2.40. The smallest absolute Gasteiger partial charge is 0.253 e. The number of anilines is 1. The minimum Gasteiger partial charge on any atom is -0.308 e. The number of rotatable bonds is 7. The number of carbonyl (C=O) groups excluding carboxylic acids is 1. The van der Waals surface area contributed by atoms with Crippen molar-refractivity contribution in [3.05, 3.63) is 41.3 Å². The Labute approximate surface area is 197 Å². The number of likely N-dealkylation sites (N-methyl/N-ethyl adjacent to an activating group) is 1. The number of carbonyl (C=O) groups is 1. The number of aryl methyl sites for hydroxylation is 1. The summed E-state index contributed by atoms with van der Waals surface area (Å²) < 4.78 is 29.3. The van der Waals surface area contributed by atoms with E-state index in [9.17, 15) is 13.2 Å². The van der Waals surface area contributed by atoms with E-state index in [1.807, 2.05) is 38.1 Å². The fourth-order valence-corrected chi connectivity index (χ4v) is 7.75. The summed E-state index contributed by atoms with van der Waals surface area (Å²) >= 11 is 2.67. The van der Waals surface area contributed by atoms with Crippen molar-refractivity contribution in [1.82, 2.24) is 14.2 Å². The lowest BCUT2D eigenvalue weighted by Gasteiger charge is -2.36. The van der Waals surface area contributed by atoms with E-state index < -0.39 is 16.1 Å². The summed E-state index contributed by atoms with van der Waals surface area (Å²) in [6, 6.07) is 8.66. The van der Waals surface area contributed by atoms with Gasteiger partial charge in [-0.25, -0.2) is 13.4 Å². The van der Waals surface area contributed by atoms with E-state index >= 15 is 0 Å². The van der Waals surface area contributed by atoms with Crippen molar-refractivity contribution in [3.63, 3.8) is 0 Å². The van der Waals surface area contributed by atoms with Crippen LogP contribution >= 0.6 is 22.7 Å². The third kappa shape index (κ3) is 4.74. The molecule has 0 saturated carbocycles. The van der Waals surface area contributed by atoms with Crippen LogP contribution in [0, 0.1) is 6.92 Å². The van der Waals surface area contributed by atoms with E-state index in [-0.39, 0.29) is 10.1 Å². The van der Waals surface area contributed by atoms with Gasteiger partial charge in [-0.3, -0.25) is 9.69 Å². The number of hydrogen-bond donors (Lipinski definition) is 0. The number of fused-ring (bicyclic) bond motifs is 1. The Kier molecular flexibility index (Phi) is 6.97. The molecule has 1 saturated heterocycles. The first-order valence-corrected chi connectivity index (χ1v) is 13.8. The molecule has 3 aromatic rings. The van der Waals surface area contributed by atoms with E-state index in [0.29, 0.717) is 31.2 Å². The van der Waals surface area contributed by atoms with Gasteiger partial charge in [0.1, 0.15) is 10.3 Å². The molecule has 1 unspecified atom stereocenters. The molecule has 1 fully saturated rings. The predicted octanol–water partition coefficient (Wildman–Crippen LogP) is 3.80. The highest BCUT2D eigenvalue weighted by molar-refractivity contribution is 7.91. The highest BCUT2D eigenvalue weighted by Crippen LogP contribution is 2.33. The van der Waals surface area contributed by atoms with Gasteiger partial charge in [0.25, 0.3) is 10.0 Å². The number of amides is 1. The molecule has 0 spiro atoms. The monoisotopic (exact) mass is 492 g/mol. The van der Waals surface area contributed by atoms with Crippen LogP contribution in [0.1, 0.15) is 24.8 Å². The molecule has 3 heterocycles. The van der Waals surface area contributed by atoms with E-state index in [4.69, 9.17) is 4.98 Å². The van der Waals surface area contributed by atoms with E-state index in [1.165, 1.54) is 27.0 Å². The van der Waals surface area contributed by atoms with Crippen molar-refractivity contribution in [1.29, 1.82) is 0 Å². The maximum absolute atomic E-state index is 13.9. The summed E-state index contributed by atoms with van der Waals surface area (Å²) in [4.78, 5) is 22.3. The molecule has 0 N–H and O–H groups in total. The number of hydrogen-bond acceptors (Lipinski definition) is 7. The van der Waals surface area contributed by atoms with Crippen LogP contribution in [0.4, 0.5) is 5.13 Å². The van der Waals surface area contributed by atoms with Crippen LogP contribution in [0.2, 0.25) is 0 Å². The zero-order chi connectivity index (χ0) is 22.9. The number of thiazole rings is 1. The molecule has 172 valence electrons. The molecule has 1 aromatic carbocycles. The molecule has 0 radical (unpaired) electrons. The molecule has 0 aliphatic carbocycles. The maximum atomic E-state index is 13.9. The molecule has 10 heteroatoms. The normalized spacial score (nSPS) is 17.8. The zero-order valence-corrected chi connectivity index (χ0v) is 21.0. The average Bonchev–Trinajstić information content (AvgIpc) is 3.44. The van der Waals surface area contributed by atoms with Gasteiger partial charge in [-0.1, -0.05) is 29.9 Å². The lowest BCUT2D eigenvalue weighted by atomic mass is 10.0. The van der Waals surface area contributed by atoms with E-state index in [2.05, 4.69) is 6.07 Å². The quantitative estimate of drug-likeness (QED) is 0.502. The van der Waals surface area contributed by atoms with Gasteiger partial charge in [-0.05, 0) is 63.0 Å². The Bertz CT molecular complexity index is 1190. The average molecular weight is 493 g/mol. The Morgan fingerprint density at radius 2 is 2.03 bits per heavy atom. The van der Waals surface area contributed by atoms with Gasteiger partial charge in [-0.15, -0.1) is 11.3 Å². The van der Waals surface area contributed by atoms with Crippen LogP contribution < -0.4 is 4.90 Å². The van der Waals surface area contributed by atoms with Gasteiger partial charge in [0, 0.05) is 19.6 Å². The van der Waals surface area contributed by atoms with Gasteiger partial charge in [0.2, 0.25) is 5.91 Å². The molecule has 2 aromatic heterocycles. The van der Waals surface area contributed by atoms with Gasteiger partial charge >= 0.3 is 0 Å². The second kappa shape index (κ2) is 9.56. The summed E-state index contributed by atoms with van der Waals surface area (Å²) in [5.41, 5.74) is 1.99. The second-order valence-electron chi connectivity index (χ2n) is 8.32. The lowest BCUT2D eigenvalue weighted by molar-refractivity contribution is -0.123. The topological polar surface area (TPSA) is 73.8 Å². The number of thiophene rings is 1. The summed E-state index contributed by atoms with van der Waals surface area (Å²) in [6.07, 6.45) is 2.10. The fraction of sp³-hybridized carbons (Fsp3) is 0.455. The van der Waals surface area contributed by atoms with Crippen LogP contribution in [0.15, 0.2) is 39.9 Å². The number of aromatic nitrogens is 1. The maximum Gasteiger partial charge on any atom is 0.253 e. The van der Waals surface area contributed by atoms with Crippen LogP contribution in [-0.4, -0.2) is 68.3 Å². The first-order valence-electron chi connectivity index (χ1n) is 10.7. The van der Waals surface area contributed by atoms with Crippen LogP contribution in [0.25, 0.3) is 10.2 Å². The third-order valence-corrected chi connectivity index (χ3v) is 9.92. The van der Waals surface area contributed by atoms with E-state index in [1.54, 1.807) is 22.4 Å². The van der Waals surface area contributed by atoms with Crippen molar-refractivity contribution < 1.29 is 13.2 Å². The lowest BCUT2D eigenvalue weighted by Crippen LogP contribution is -2.53. The number of nitrogens with zero attached hydrogens (tertiary/aromatic N) is 4. The summed E-state index contributed by atoms with van der Waals surface area (Å²) in [7, 11) is 0.201. The molecule has 1 amide bonds. The standard InChI is InChI=1S/C22H28N4O3S3/c1-16-9-10-17-19(15-16)31-22(23-17)25(13-12-24(2)3)21(27)18-7-4-5-11-26(18)32(28,29)20-8-6-14-30-20/h6,8-10,14-15,18H,4-5,7,11-13H2,1-3H3. The molecule has 1 aliphatic heterocycles. The minimum atomic E-state index is -3.71. The molecule has 1 atom stereocenters. The summed E-state index contributed by atoms with van der Waals surface area (Å²) in [5.74, 6) is -0.192. The van der Waals surface area contributed by atoms with E-state index in [0.717, 1.165) is 28.6 Å². The predicted molar refractivity (Wildman–Crippen MR) is 131 cm³/mol. The third-order valence-electron chi connectivity index (χ3n) is 5.60. The Morgan fingerprint density at radius 1 is 1.22 bits per heavy atom. The Morgan fingerprint density at radius 3 is 2.75 bits per heavy atom. The van der Waals surface area contributed by atoms with Crippen molar-refractivity contribution >= 4 is 54.0 Å². The van der Waals surface area contributed by atoms with Crippen LogP contribution in [-0.2, 0) is 14.8 Å². The largest absolute Gasteiger partial charge is 0.308 e. The summed E-state index contributed by atoms with van der Waals surface area (Å²) in [5, 5.41) is 2.37. The fourth-order valence-electron chi connectivity index (χ4n) is 3.88. The zero-order valence-electron chi connectivity index (χ0n) is 18.5. The van der Waals surface area contributed by atoms with Gasteiger partial charge in [-0.2, -0.15) is 4.31 Å². The first-order chi connectivity index (χ1) is 15.3. The van der Waals surface area contributed by atoms with Gasteiger partial charge in [0.05, 0.1) is 10.2 Å². The molecule has 7 nitrogen and oxygen atoms in total. The highest BCUT2D eigenvalue weighted by atomic mass is 32.2. The van der Waals surface area contributed by atoms with Gasteiger partial charge < -0.3 is 4.90 Å². The first kappa shape index (κ1) is 23.3. The summed E-state index contributed by atoms with van der Waals surface area (Å²) in [6.45, 7) is 3.50. The second-order valence-corrected chi connectivity index (χ2v) is 12.4. The molecule has 4 rings (SSSR count).